The predicted octanol–water partition coefficient (Wildman–Crippen LogP) is -1.21. The lowest BCUT2D eigenvalue weighted by Gasteiger charge is -2.21. The molecule has 10 radical (unpaired) electrons. The van der Waals surface area contributed by atoms with Gasteiger partial charge in [0.15, 0.2) is 0 Å². The fraction of sp³-hybridized carbons (Fsp3) is 0.0588. The fourth-order valence-corrected chi connectivity index (χ4v) is 4.14. The third kappa shape index (κ3) is 2.38. The normalized spacial score (nSPS) is 11.4. The Morgan fingerprint density at radius 2 is 1.40 bits per heavy atom. The first-order chi connectivity index (χ1) is 11.9. The molecule has 2 aromatic carbocycles. The molecular weight excluding hydrogens is 318 g/mol. The van der Waals surface area contributed by atoms with E-state index < -0.39 is 0 Å². The van der Waals surface area contributed by atoms with Crippen molar-refractivity contribution in [3.8, 4) is 11.3 Å². The summed E-state index contributed by atoms with van der Waals surface area (Å²) in [5.74, 6) is 0.613. The highest BCUT2D eigenvalue weighted by molar-refractivity contribution is 7.25. The predicted molar refractivity (Wildman–Crippen MR) is 112 cm³/mol. The van der Waals surface area contributed by atoms with Crippen molar-refractivity contribution in [3.05, 3.63) is 30.1 Å². The number of benzene rings is 2. The summed E-state index contributed by atoms with van der Waals surface area (Å²) < 4.78 is 1.10. The molecule has 0 fully saturated rings. The van der Waals surface area contributed by atoms with Crippen LogP contribution >= 0.6 is 11.3 Å². The number of nitrogens with zero attached hydrogens (tertiary/aromatic N) is 2. The molecule has 0 bridgehead atoms. The lowest BCUT2D eigenvalue weighted by molar-refractivity contribution is 1.11. The molecule has 0 atom stereocenters. The number of hydrogen-bond donors (Lipinski definition) is 0. The zero-order chi connectivity index (χ0) is 17.9. The van der Waals surface area contributed by atoms with E-state index in [9.17, 15) is 0 Å². The van der Waals surface area contributed by atoms with E-state index in [0.29, 0.717) is 17.1 Å². The van der Waals surface area contributed by atoms with Crippen molar-refractivity contribution in [2.24, 2.45) is 0 Å². The minimum absolute atomic E-state index is 0.191. The van der Waals surface area contributed by atoms with Gasteiger partial charge in [-0.05, 0) is 18.6 Å². The second-order valence-corrected chi connectivity index (χ2v) is 6.87. The van der Waals surface area contributed by atoms with E-state index >= 15 is 0 Å². The molecule has 106 valence electrons. The van der Waals surface area contributed by atoms with Crippen LogP contribution in [0.2, 0.25) is 0 Å². The quantitative estimate of drug-likeness (QED) is 0.411. The molecule has 0 aliphatic rings. The summed E-state index contributed by atoms with van der Waals surface area (Å²) >= 11 is 1.59. The SMILES string of the molecule is [B]c1c([B])c([B])c(-c2nc(C)nc3sc4ccccc4c23)c([B])c1[B]. The van der Waals surface area contributed by atoms with Crippen LogP contribution in [0.25, 0.3) is 31.6 Å². The van der Waals surface area contributed by atoms with Gasteiger partial charge in [0.05, 0.1) is 5.69 Å². The van der Waals surface area contributed by atoms with Crippen molar-refractivity contribution in [2.75, 3.05) is 0 Å². The molecule has 4 rings (SSSR count). The van der Waals surface area contributed by atoms with Gasteiger partial charge in [-0.2, -0.15) is 0 Å². The number of thiophene rings is 1. The average molecular weight is 325 g/mol. The maximum absolute atomic E-state index is 6.24. The standard InChI is InChI=1S/C17H7B5N2S/c1-6-23-16(10-11(18)13(20)15(22)14(21)12(10)19)9-7-4-2-3-5-8(7)25-17(9)24-6/h2-5H,1H3. The summed E-state index contributed by atoms with van der Waals surface area (Å²) in [7, 11) is 30.5. The molecule has 2 heterocycles. The number of aryl methyl sites for hydroxylation is 1. The topological polar surface area (TPSA) is 25.8 Å². The molecule has 0 aliphatic carbocycles. The highest BCUT2D eigenvalue weighted by atomic mass is 32.1. The Balaban J connectivity index is 2.23. The Labute approximate surface area is 156 Å². The van der Waals surface area contributed by atoms with Gasteiger partial charge < -0.3 is 0 Å². The van der Waals surface area contributed by atoms with E-state index in [1.165, 1.54) is 0 Å². The van der Waals surface area contributed by atoms with Gasteiger partial charge in [-0.1, -0.05) is 29.1 Å². The summed E-state index contributed by atoms with van der Waals surface area (Å²) in [4.78, 5) is 10.0. The van der Waals surface area contributed by atoms with Crippen molar-refractivity contribution in [3.63, 3.8) is 0 Å². The van der Waals surface area contributed by atoms with Gasteiger partial charge in [0.2, 0.25) is 0 Å². The van der Waals surface area contributed by atoms with Crippen molar-refractivity contribution >= 4 is 98.2 Å². The zero-order valence-electron chi connectivity index (χ0n) is 13.5. The molecule has 2 nitrogen and oxygen atoms in total. The first-order valence-corrected chi connectivity index (χ1v) is 8.39. The first kappa shape index (κ1) is 16.5. The van der Waals surface area contributed by atoms with Crippen molar-refractivity contribution < 1.29 is 0 Å². The van der Waals surface area contributed by atoms with Gasteiger partial charge in [0.25, 0.3) is 0 Å². The molecule has 8 heteroatoms. The third-order valence-corrected chi connectivity index (χ3v) is 5.35. The third-order valence-electron chi connectivity index (χ3n) is 4.29. The molecule has 0 N–H and O–H groups in total. The summed E-state index contributed by atoms with van der Waals surface area (Å²) in [6, 6.07) is 8.02. The minimum atomic E-state index is 0.191. The van der Waals surface area contributed by atoms with Gasteiger partial charge in [-0.25, -0.2) is 9.97 Å². The highest BCUT2D eigenvalue weighted by Crippen LogP contribution is 2.36. The largest absolute Gasteiger partial charge is 0.232 e. The number of aromatic nitrogens is 2. The molecule has 25 heavy (non-hydrogen) atoms. The monoisotopic (exact) mass is 326 g/mol. The number of rotatable bonds is 1. The second-order valence-electron chi connectivity index (χ2n) is 5.84. The molecule has 0 amide bonds. The summed E-state index contributed by atoms with van der Waals surface area (Å²) in [5.41, 5.74) is 2.29. The van der Waals surface area contributed by atoms with Gasteiger partial charge in [0, 0.05) is 15.5 Å². The summed E-state index contributed by atoms with van der Waals surface area (Å²) in [5, 5.41) is 1.92. The van der Waals surface area contributed by atoms with Crippen molar-refractivity contribution in [1.29, 1.82) is 0 Å². The van der Waals surface area contributed by atoms with E-state index in [2.05, 4.69) is 9.97 Å². The molecular formula is C17H7B5N2S. The van der Waals surface area contributed by atoms with Gasteiger partial charge in [-0.3, -0.25) is 0 Å². The maximum Gasteiger partial charge on any atom is 0.128 e. The van der Waals surface area contributed by atoms with Crippen LogP contribution in [0, 0.1) is 6.92 Å². The number of hydrogen-bond acceptors (Lipinski definition) is 3. The first-order valence-electron chi connectivity index (χ1n) is 7.57. The van der Waals surface area contributed by atoms with Crippen molar-refractivity contribution in [1.82, 2.24) is 9.97 Å². The molecule has 0 aliphatic heterocycles. The average Bonchev–Trinajstić information content (AvgIpc) is 2.96. The van der Waals surface area contributed by atoms with Crippen LogP contribution in [0.4, 0.5) is 0 Å². The van der Waals surface area contributed by atoms with Gasteiger partial charge in [0.1, 0.15) is 49.9 Å². The zero-order valence-corrected chi connectivity index (χ0v) is 14.3. The minimum Gasteiger partial charge on any atom is -0.232 e. The second kappa shape index (κ2) is 5.81. The van der Waals surface area contributed by atoms with Crippen LogP contribution in [-0.4, -0.2) is 49.2 Å². The van der Waals surface area contributed by atoms with Crippen LogP contribution in [0.5, 0.6) is 0 Å². The highest BCUT2D eigenvalue weighted by Gasteiger charge is 2.19. The molecule has 0 spiro atoms. The Morgan fingerprint density at radius 1 is 0.800 bits per heavy atom. The van der Waals surface area contributed by atoms with Crippen LogP contribution in [0.3, 0.4) is 0 Å². The van der Waals surface area contributed by atoms with E-state index in [-0.39, 0.29) is 27.3 Å². The van der Waals surface area contributed by atoms with E-state index in [1.54, 1.807) is 11.3 Å². The van der Waals surface area contributed by atoms with Crippen LogP contribution in [0.1, 0.15) is 5.82 Å². The lowest BCUT2D eigenvalue weighted by atomic mass is 9.60. The van der Waals surface area contributed by atoms with Crippen LogP contribution in [-0.2, 0) is 0 Å². The molecule has 2 aromatic heterocycles. The van der Waals surface area contributed by atoms with E-state index in [1.807, 2.05) is 31.2 Å². The molecule has 4 aromatic rings. The van der Waals surface area contributed by atoms with E-state index in [0.717, 1.165) is 20.3 Å². The van der Waals surface area contributed by atoms with Gasteiger partial charge >= 0.3 is 0 Å². The Morgan fingerprint density at radius 3 is 2.08 bits per heavy atom. The Hall–Kier alpha value is -1.94. The van der Waals surface area contributed by atoms with Crippen molar-refractivity contribution in [2.45, 2.75) is 6.92 Å². The fourth-order valence-electron chi connectivity index (χ4n) is 3.02. The number of fused-ring (bicyclic) bond motifs is 3. The van der Waals surface area contributed by atoms with Crippen LogP contribution in [0.15, 0.2) is 24.3 Å². The molecule has 0 saturated carbocycles. The molecule has 0 unspecified atom stereocenters. The smallest absolute Gasteiger partial charge is 0.128 e. The lowest BCUT2D eigenvalue weighted by Crippen LogP contribution is -2.55. The summed E-state index contributed by atoms with van der Waals surface area (Å²) in [6.07, 6.45) is 0. The van der Waals surface area contributed by atoms with Crippen LogP contribution < -0.4 is 27.3 Å². The summed E-state index contributed by atoms with van der Waals surface area (Å²) in [6.45, 7) is 1.82. The molecule has 0 saturated heterocycles. The maximum atomic E-state index is 6.24. The Bertz CT molecular complexity index is 1140. The Kier molecular flexibility index (Phi) is 3.84. The van der Waals surface area contributed by atoms with E-state index in [4.69, 9.17) is 39.2 Å². The van der Waals surface area contributed by atoms with Gasteiger partial charge in [-0.15, -0.1) is 27.7 Å².